The first kappa shape index (κ1) is 14.5. The molecule has 1 fully saturated rings. The fourth-order valence-electron chi connectivity index (χ4n) is 4.20. The lowest BCUT2D eigenvalue weighted by atomic mass is 9.83. The van der Waals surface area contributed by atoms with Crippen LogP contribution in [0.5, 0.6) is 5.75 Å². The van der Waals surface area contributed by atoms with Gasteiger partial charge in [0.1, 0.15) is 5.75 Å². The summed E-state index contributed by atoms with van der Waals surface area (Å²) in [5.41, 5.74) is 2.59. The highest BCUT2D eigenvalue weighted by molar-refractivity contribution is 5.33. The minimum Gasteiger partial charge on any atom is -0.496 e. The van der Waals surface area contributed by atoms with Crippen LogP contribution in [-0.2, 0) is 13.1 Å². The normalized spacial score (nSPS) is 23.3. The summed E-state index contributed by atoms with van der Waals surface area (Å²) in [6.45, 7) is 3.83. The maximum atomic E-state index is 12.1. The van der Waals surface area contributed by atoms with E-state index in [0.717, 1.165) is 31.9 Å². The van der Waals surface area contributed by atoms with Gasteiger partial charge in [0.15, 0.2) is 0 Å². The van der Waals surface area contributed by atoms with Gasteiger partial charge in [0, 0.05) is 49.4 Å². The number of hydrogen-bond acceptors (Lipinski definition) is 3. The van der Waals surface area contributed by atoms with Gasteiger partial charge in [0.05, 0.1) is 7.11 Å². The van der Waals surface area contributed by atoms with Gasteiger partial charge in [-0.2, -0.15) is 0 Å². The van der Waals surface area contributed by atoms with Gasteiger partial charge in [0.2, 0.25) is 0 Å². The monoisotopic (exact) mass is 310 g/mol. The minimum absolute atomic E-state index is 0.148. The largest absolute Gasteiger partial charge is 0.496 e. The van der Waals surface area contributed by atoms with Crippen LogP contribution in [0.1, 0.15) is 23.6 Å². The van der Waals surface area contributed by atoms with Crippen LogP contribution >= 0.6 is 0 Å². The molecule has 4 nitrogen and oxygen atoms in total. The van der Waals surface area contributed by atoms with Crippen molar-refractivity contribution in [2.75, 3.05) is 20.2 Å². The highest BCUT2D eigenvalue weighted by Gasteiger charge is 2.34. The van der Waals surface area contributed by atoms with Gasteiger partial charge in [-0.15, -0.1) is 0 Å². The van der Waals surface area contributed by atoms with Crippen molar-refractivity contribution in [3.05, 3.63) is 64.1 Å². The molecule has 0 saturated carbocycles. The topological polar surface area (TPSA) is 34.5 Å². The molecule has 23 heavy (non-hydrogen) atoms. The number of likely N-dealkylation sites (tertiary alicyclic amines) is 1. The Kier molecular flexibility index (Phi) is 3.69. The standard InChI is InChI=1S/C19H22N2O2/c1-23-18-7-3-2-5-15(18)12-20-10-14-9-16(13-20)17-6-4-8-19(22)21(17)11-14/h2-8,14,16H,9-13H2,1H3/t14-,16+/m1/s1. The van der Waals surface area contributed by atoms with E-state index >= 15 is 0 Å². The van der Waals surface area contributed by atoms with E-state index in [1.165, 1.54) is 17.7 Å². The fraction of sp³-hybridized carbons (Fsp3) is 0.421. The van der Waals surface area contributed by atoms with Crippen molar-refractivity contribution >= 4 is 0 Å². The number of ether oxygens (including phenoxy) is 1. The lowest BCUT2D eigenvalue weighted by Crippen LogP contribution is -2.46. The lowest BCUT2D eigenvalue weighted by molar-refractivity contribution is 0.113. The number of aromatic nitrogens is 1. The van der Waals surface area contributed by atoms with Crippen LogP contribution in [0.15, 0.2) is 47.3 Å². The first-order valence-electron chi connectivity index (χ1n) is 8.28. The van der Waals surface area contributed by atoms with Gasteiger partial charge in [-0.05, 0) is 24.5 Å². The summed E-state index contributed by atoms with van der Waals surface area (Å²) in [6, 6.07) is 13.9. The van der Waals surface area contributed by atoms with Gasteiger partial charge in [-0.3, -0.25) is 9.69 Å². The quantitative estimate of drug-likeness (QED) is 0.873. The summed E-state index contributed by atoms with van der Waals surface area (Å²) in [6.07, 6.45) is 1.20. The predicted molar refractivity (Wildman–Crippen MR) is 89.8 cm³/mol. The van der Waals surface area contributed by atoms with Crippen LogP contribution in [0, 0.1) is 5.92 Å². The Morgan fingerprint density at radius 1 is 1.09 bits per heavy atom. The van der Waals surface area contributed by atoms with Gasteiger partial charge in [-0.25, -0.2) is 0 Å². The Balaban J connectivity index is 1.58. The van der Waals surface area contributed by atoms with Crippen molar-refractivity contribution in [3.63, 3.8) is 0 Å². The van der Waals surface area contributed by atoms with Crippen molar-refractivity contribution in [1.29, 1.82) is 0 Å². The smallest absolute Gasteiger partial charge is 0.250 e. The van der Waals surface area contributed by atoms with E-state index in [2.05, 4.69) is 23.1 Å². The molecule has 2 bridgehead atoms. The van der Waals surface area contributed by atoms with Crippen LogP contribution in [-0.4, -0.2) is 29.7 Å². The van der Waals surface area contributed by atoms with Gasteiger partial charge in [0.25, 0.3) is 5.56 Å². The maximum absolute atomic E-state index is 12.1. The highest BCUT2D eigenvalue weighted by Crippen LogP contribution is 2.36. The zero-order valence-electron chi connectivity index (χ0n) is 13.4. The summed E-state index contributed by atoms with van der Waals surface area (Å²) < 4.78 is 7.47. The van der Waals surface area contributed by atoms with Crippen LogP contribution in [0.3, 0.4) is 0 Å². The first-order valence-corrected chi connectivity index (χ1v) is 8.28. The Morgan fingerprint density at radius 3 is 2.83 bits per heavy atom. The number of benzene rings is 1. The van der Waals surface area contributed by atoms with E-state index in [4.69, 9.17) is 4.74 Å². The van der Waals surface area contributed by atoms with Crippen LogP contribution in [0.4, 0.5) is 0 Å². The molecule has 120 valence electrons. The molecule has 4 heteroatoms. The second-order valence-corrected chi connectivity index (χ2v) is 6.70. The predicted octanol–water partition coefficient (Wildman–Crippen LogP) is 2.48. The molecule has 0 N–H and O–H groups in total. The second-order valence-electron chi connectivity index (χ2n) is 6.70. The SMILES string of the molecule is COc1ccccc1CN1C[C@H]2C[C@@H](C1)c1cccc(=O)n1C2. The Bertz CT molecular complexity index is 768. The number of fused-ring (bicyclic) bond motifs is 4. The first-order chi connectivity index (χ1) is 11.2. The molecule has 3 heterocycles. The second kappa shape index (κ2) is 5.85. The minimum atomic E-state index is 0.148. The van der Waals surface area contributed by atoms with E-state index < -0.39 is 0 Å². The molecule has 0 amide bonds. The average Bonchev–Trinajstić information content (AvgIpc) is 2.56. The Labute approximate surface area is 136 Å². The van der Waals surface area contributed by atoms with Gasteiger partial charge in [-0.1, -0.05) is 24.3 Å². The zero-order chi connectivity index (χ0) is 15.8. The molecule has 2 aliphatic rings. The number of hydrogen-bond donors (Lipinski definition) is 0. The molecule has 0 unspecified atom stereocenters. The number of methoxy groups -OCH3 is 1. The summed E-state index contributed by atoms with van der Waals surface area (Å²) in [5, 5.41) is 0. The molecule has 2 atom stereocenters. The van der Waals surface area contributed by atoms with Crippen molar-refractivity contribution in [2.45, 2.75) is 25.4 Å². The van der Waals surface area contributed by atoms with Crippen molar-refractivity contribution in [1.82, 2.24) is 9.47 Å². The van der Waals surface area contributed by atoms with Gasteiger partial charge >= 0.3 is 0 Å². The molecule has 1 aromatic carbocycles. The third-order valence-electron chi connectivity index (χ3n) is 5.14. The molecule has 2 aromatic rings. The molecular weight excluding hydrogens is 288 g/mol. The number of rotatable bonds is 3. The molecule has 0 radical (unpaired) electrons. The number of piperidine rings is 1. The summed E-state index contributed by atoms with van der Waals surface area (Å²) in [4.78, 5) is 14.6. The lowest BCUT2D eigenvalue weighted by Gasteiger charge is -2.42. The highest BCUT2D eigenvalue weighted by atomic mass is 16.5. The number of para-hydroxylation sites is 1. The van der Waals surface area contributed by atoms with Crippen LogP contribution < -0.4 is 10.3 Å². The summed E-state index contributed by atoms with van der Waals surface area (Å²) in [7, 11) is 1.73. The molecular formula is C19H22N2O2. The number of nitrogens with zero attached hydrogens (tertiary/aromatic N) is 2. The Hall–Kier alpha value is -2.07. The van der Waals surface area contributed by atoms with E-state index in [9.17, 15) is 4.79 Å². The summed E-state index contributed by atoms with van der Waals surface area (Å²) in [5.74, 6) is 1.99. The molecule has 4 rings (SSSR count). The van der Waals surface area contributed by atoms with Crippen molar-refractivity contribution in [2.24, 2.45) is 5.92 Å². The van der Waals surface area contributed by atoms with Crippen molar-refractivity contribution < 1.29 is 4.74 Å². The summed E-state index contributed by atoms with van der Waals surface area (Å²) >= 11 is 0. The van der Waals surface area contributed by atoms with Gasteiger partial charge < -0.3 is 9.30 Å². The fourth-order valence-corrected chi connectivity index (χ4v) is 4.20. The molecule has 1 saturated heterocycles. The van der Waals surface area contributed by atoms with E-state index in [0.29, 0.717) is 11.8 Å². The number of pyridine rings is 1. The molecule has 0 spiro atoms. The molecule has 1 aromatic heterocycles. The zero-order valence-corrected chi connectivity index (χ0v) is 13.4. The van der Waals surface area contributed by atoms with Crippen LogP contribution in [0.2, 0.25) is 0 Å². The maximum Gasteiger partial charge on any atom is 0.250 e. The third-order valence-corrected chi connectivity index (χ3v) is 5.14. The molecule has 2 aliphatic heterocycles. The average molecular weight is 310 g/mol. The Morgan fingerprint density at radius 2 is 1.96 bits per heavy atom. The van der Waals surface area contributed by atoms with Crippen molar-refractivity contribution in [3.8, 4) is 5.75 Å². The van der Waals surface area contributed by atoms with E-state index in [-0.39, 0.29) is 5.56 Å². The third kappa shape index (κ3) is 2.68. The van der Waals surface area contributed by atoms with E-state index in [1.807, 2.05) is 22.8 Å². The molecule has 0 aliphatic carbocycles. The van der Waals surface area contributed by atoms with E-state index in [1.54, 1.807) is 13.2 Å². The van der Waals surface area contributed by atoms with Crippen LogP contribution in [0.25, 0.3) is 0 Å².